The molecule has 2 rings (SSSR count). The Balaban J connectivity index is 1.69. The van der Waals surface area contributed by atoms with Crippen molar-refractivity contribution in [2.75, 3.05) is 26.2 Å². The van der Waals surface area contributed by atoms with Crippen LogP contribution in [0.3, 0.4) is 0 Å². The van der Waals surface area contributed by atoms with Crippen molar-refractivity contribution in [1.29, 1.82) is 0 Å². The van der Waals surface area contributed by atoms with E-state index in [1.54, 1.807) is 4.90 Å². The van der Waals surface area contributed by atoms with Gasteiger partial charge in [-0.05, 0) is 26.2 Å². The van der Waals surface area contributed by atoms with Crippen LogP contribution in [0.25, 0.3) is 0 Å². The van der Waals surface area contributed by atoms with Crippen molar-refractivity contribution in [2.24, 2.45) is 11.8 Å². The van der Waals surface area contributed by atoms with Crippen LogP contribution in [0, 0.1) is 11.8 Å². The lowest BCUT2D eigenvalue weighted by Crippen LogP contribution is -3.13. The molecule has 0 unspecified atom stereocenters. The number of carbonyl (C=O) groups is 1. The first-order valence-corrected chi connectivity index (χ1v) is 7.44. The fourth-order valence-electron chi connectivity index (χ4n) is 3.18. The molecule has 3 heteroatoms. The number of likely N-dealkylation sites (tertiary alicyclic amines) is 1. The smallest absolute Gasteiger partial charge is 0.309 e. The first kappa shape index (κ1) is 13.6. The summed E-state index contributed by atoms with van der Waals surface area (Å²) in [5.74, 6) is 1.06. The van der Waals surface area contributed by atoms with Crippen LogP contribution in [-0.2, 0) is 9.53 Å². The third-order valence-corrected chi connectivity index (χ3v) is 4.27. The summed E-state index contributed by atoms with van der Waals surface area (Å²) < 4.78 is 5.11. The predicted octanol–water partition coefficient (Wildman–Crippen LogP) is 1.20. The molecule has 1 aliphatic carbocycles. The molecule has 0 radical (unpaired) electrons. The molecule has 0 amide bonds. The highest BCUT2D eigenvalue weighted by atomic mass is 16.5. The highest BCUT2D eigenvalue weighted by molar-refractivity contribution is 5.72. The van der Waals surface area contributed by atoms with Crippen LogP contribution in [0.5, 0.6) is 0 Å². The maximum Gasteiger partial charge on any atom is 0.309 e. The maximum absolute atomic E-state index is 11.7. The molecule has 3 nitrogen and oxygen atoms in total. The van der Waals surface area contributed by atoms with Gasteiger partial charge in [0.05, 0.1) is 32.2 Å². The van der Waals surface area contributed by atoms with Crippen molar-refractivity contribution in [2.45, 2.75) is 39.0 Å². The molecule has 1 heterocycles. The molecule has 2 aliphatic rings. The van der Waals surface area contributed by atoms with Crippen LogP contribution >= 0.6 is 0 Å². The lowest BCUT2D eigenvalue weighted by atomic mass is 9.91. The van der Waals surface area contributed by atoms with Crippen LogP contribution in [0.1, 0.15) is 39.0 Å². The van der Waals surface area contributed by atoms with E-state index in [1.807, 2.05) is 6.92 Å². The van der Waals surface area contributed by atoms with Gasteiger partial charge >= 0.3 is 5.97 Å². The zero-order chi connectivity index (χ0) is 12.8. The minimum atomic E-state index is 0.0251. The van der Waals surface area contributed by atoms with Gasteiger partial charge in [0, 0.05) is 18.8 Å². The summed E-state index contributed by atoms with van der Waals surface area (Å²) in [4.78, 5) is 13.3. The quantitative estimate of drug-likeness (QED) is 0.602. The number of nitrogens with one attached hydrogen (secondary N) is 1. The first-order chi connectivity index (χ1) is 8.79. The van der Waals surface area contributed by atoms with Crippen LogP contribution in [0.2, 0.25) is 0 Å². The van der Waals surface area contributed by atoms with Gasteiger partial charge in [-0.2, -0.15) is 0 Å². The summed E-state index contributed by atoms with van der Waals surface area (Å²) in [6.45, 7) is 5.97. The highest BCUT2D eigenvalue weighted by Crippen LogP contribution is 2.17. The fourth-order valence-corrected chi connectivity index (χ4v) is 3.18. The molecule has 18 heavy (non-hydrogen) atoms. The van der Waals surface area contributed by atoms with Gasteiger partial charge in [-0.25, -0.2) is 0 Å². The number of piperidine rings is 1. The predicted molar refractivity (Wildman–Crippen MR) is 71.4 cm³/mol. The van der Waals surface area contributed by atoms with Crippen molar-refractivity contribution in [3.8, 4) is 0 Å². The number of hydrogen-bond donors (Lipinski definition) is 1. The average molecular weight is 252 g/mol. The van der Waals surface area contributed by atoms with E-state index in [4.69, 9.17) is 4.74 Å². The van der Waals surface area contributed by atoms with E-state index in [9.17, 15) is 4.79 Å². The van der Waals surface area contributed by atoms with Crippen LogP contribution < -0.4 is 4.90 Å². The number of allylic oxidation sites excluding steroid dienone is 2. The minimum absolute atomic E-state index is 0.0251. The molecule has 0 aromatic carbocycles. The Bertz CT molecular complexity index is 293. The fraction of sp³-hybridized carbons (Fsp3) is 0.800. The number of ether oxygens (including phenoxy) is 1. The zero-order valence-corrected chi connectivity index (χ0v) is 11.5. The summed E-state index contributed by atoms with van der Waals surface area (Å²) in [6, 6.07) is 0. The Morgan fingerprint density at radius 3 is 2.67 bits per heavy atom. The van der Waals surface area contributed by atoms with Gasteiger partial charge in [0.1, 0.15) is 0 Å². The summed E-state index contributed by atoms with van der Waals surface area (Å²) in [7, 11) is 0. The molecule has 0 saturated carbocycles. The zero-order valence-electron chi connectivity index (χ0n) is 11.5. The lowest BCUT2D eigenvalue weighted by Gasteiger charge is -2.31. The molecule has 0 bridgehead atoms. The van der Waals surface area contributed by atoms with Crippen molar-refractivity contribution in [3.63, 3.8) is 0 Å². The van der Waals surface area contributed by atoms with Gasteiger partial charge in [-0.1, -0.05) is 12.2 Å². The molecule has 1 fully saturated rings. The molecular formula is C15H26NO2+. The normalized spacial score (nSPS) is 32.2. The van der Waals surface area contributed by atoms with Gasteiger partial charge in [0.15, 0.2) is 0 Å². The number of quaternary nitrogens is 1. The average Bonchev–Trinajstić information content (AvgIpc) is 2.41. The van der Waals surface area contributed by atoms with Gasteiger partial charge in [-0.3, -0.25) is 4.79 Å². The Labute approximate surface area is 110 Å². The molecule has 1 atom stereocenters. The molecule has 102 valence electrons. The van der Waals surface area contributed by atoms with E-state index in [2.05, 4.69) is 12.2 Å². The molecular weight excluding hydrogens is 226 g/mol. The van der Waals surface area contributed by atoms with E-state index >= 15 is 0 Å². The second kappa shape index (κ2) is 6.93. The van der Waals surface area contributed by atoms with Crippen molar-refractivity contribution < 1.29 is 14.4 Å². The minimum Gasteiger partial charge on any atom is -0.466 e. The molecule has 1 saturated heterocycles. The lowest BCUT2D eigenvalue weighted by molar-refractivity contribution is -0.909. The highest BCUT2D eigenvalue weighted by Gasteiger charge is 2.29. The number of esters is 1. The third-order valence-electron chi connectivity index (χ3n) is 4.27. The van der Waals surface area contributed by atoms with Crippen molar-refractivity contribution in [1.82, 2.24) is 0 Å². The largest absolute Gasteiger partial charge is 0.466 e. The Morgan fingerprint density at radius 1 is 1.28 bits per heavy atom. The van der Waals surface area contributed by atoms with Gasteiger partial charge in [0.2, 0.25) is 0 Å². The van der Waals surface area contributed by atoms with E-state index < -0.39 is 0 Å². The van der Waals surface area contributed by atoms with Gasteiger partial charge < -0.3 is 9.64 Å². The topological polar surface area (TPSA) is 30.7 Å². The van der Waals surface area contributed by atoms with E-state index in [-0.39, 0.29) is 11.9 Å². The molecule has 0 spiro atoms. The molecule has 1 aliphatic heterocycles. The van der Waals surface area contributed by atoms with Crippen LogP contribution in [-0.4, -0.2) is 32.2 Å². The number of carbonyl (C=O) groups excluding carboxylic acids is 1. The van der Waals surface area contributed by atoms with Crippen LogP contribution in [0.4, 0.5) is 0 Å². The Hall–Kier alpha value is -0.830. The van der Waals surface area contributed by atoms with E-state index in [0.29, 0.717) is 6.61 Å². The summed E-state index contributed by atoms with van der Waals surface area (Å²) in [5, 5.41) is 0. The van der Waals surface area contributed by atoms with Crippen LogP contribution in [0.15, 0.2) is 12.2 Å². The van der Waals surface area contributed by atoms with Gasteiger partial charge in [-0.15, -0.1) is 0 Å². The SMILES string of the molecule is CCOC(=O)C1CC[NH+](C[C@H]2CC=CCC2)CC1. The van der Waals surface area contributed by atoms with E-state index in [0.717, 1.165) is 31.8 Å². The summed E-state index contributed by atoms with van der Waals surface area (Å²) in [5.41, 5.74) is 0. The summed E-state index contributed by atoms with van der Waals surface area (Å²) >= 11 is 0. The van der Waals surface area contributed by atoms with Gasteiger partial charge in [0.25, 0.3) is 0 Å². The second-order valence-corrected chi connectivity index (χ2v) is 5.63. The Morgan fingerprint density at radius 2 is 2.06 bits per heavy atom. The van der Waals surface area contributed by atoms with E-state index in [1.165, 1.54) is 25.8 Å². The maximum atomic E-state index is 11.7. The van der Waals surface area contributed by atoms with Crippen molar-refractivity contribution in [3.05, 3.63) is 12.2 Å². The first-order valence-electron chi connectivity index (χ1n) is 7.44. The standard InChI is InChI=1S/C15H25NO2/c1-2-18-15(17)14-8-10-16(11-9-14)12-13-6-4-3-5-7-13/h3-4,13-14H,2,5-12H2,1H3/p+1/t13-/m0/s1. The second-order valence-electron chi connectivity index (χ2n) is 5.63. The molecule has 0 aromatic heterocycles. The summed E-state index contributed by atoms with van der Waals surface area (Å²) in [6.07, 6.45) is 10.5. The number of rotatable bonds is 4. The third kappa shape index (κ3) is 3.84. The molecule has 1 N–H and O–H groups in total. The number of hydrogen-bond acceptors (Lipinski definition) is 2. The van der Waals surface area contributed by atoms with Crippen molar-refractivity contribution >= 4 is 5.97 Å². The Kier molecular flexibility index (Phi) is 5.24. The molecule has 0 aromatic rings. The monoisotopic (exact) mass is 252 g/mol.